The molecule has 0 aromatic carbocycles. The second-order valence-corrected chi connectivity index (χ2v) is 13.4. The molecule has 2 saturated carbocycles. The fraction of sp³-hybridized carbons (Fsp3) is 0.710. The lowest BCUT2D eigenvalue weighted by molar-refractivity contribution is -0.168. The maximum Gasteiger partial charge on any atom is 0.184 e. The molecule has 0 aromatic heterocycles. The molecule has 6 nitrogen and oxygen atoms in total. The summed E-state index contributed by atoms with van der Waals surface area (Å²) in [5.41, 5.74) is -4.10. The molecule has 0 saturated heterocycles. The number of fused-ring (bicyclic) bond motifs is 1. The van der Waals surface area contributed by atoms with E-state index in [1.165, 1.54) is 0 Å². The minimum absolute atomic E-state index is 0.0476. The first-order valence-corrected chi connectivity index (χ1v) is 13.7. The van der Waals surface area contributed by atoms with Crippen molar-refractivity contribution in [3.63, 3.8) is 0 Å². The van der Waals surface area contributed by atoms with Crippen LogP contribution in [0.1, 0.15) is 100 Å². The number of ketones is 3. The van der Waals surface area contributed by atoms with Crippen molar-refractivity contribution in [2.24, 2.45) is 28.6 Å². The summed E-state index contributed by atoms with van der Waals surface area (Å²) in [4.78, 5) is 42.5. The van der Waals surface area contributed by atoms with Gasteiger partial charge in [-0.1, -0.05) is 37.1 Å². The topological polar surface area (TPSA) is 112 Å². The number of Topliss-reactive ketones (excluding diaryl/α,β-unsaturated/α-hetero) is 3. The van der Waals surface area contributed by atoms with Gasteiger partial charge in [-0.25, -0.2) is 0 Å². The minimum Gasteiger partial charge on any atom is -0.510 e. The summed E-state index contributed by atoms with van der Waals surface area (Å²) >= 11 is 0. The lowest BCUT2D eigenvalue weighted by Gasteiger charge is -2.54. The van der Waals surface area contributed by atoms with Crippen LogP contribution in [-0.2, 0) is 14.4 Å². The largest absolute Gasteiger partial charge is 0.510 e. The molecule has 3 rings (SSSR count). The van der Waals surface area contributed by atoms with E-state index in [9.17, 15) is 29.7 Å². The molecule has 0 radical (unpaired) electrons. The first-order chi connectivity index (χ1) is 16.9. The Kier molecular flexibility index (Phi) is 7.91. The van der Waals surface area contributed by atoms with Gasteiger partial charge < -0.3 is 15.3 Å². The van der Waals surface area contributed by atoms with Crippen LogP contribution in [-0.4, -0.2) is 43.9 Å². The fourth-order valence-corrected chi connectivity index (χ4v) is 7.11. The SMILES string of the molecule is CC(C)=CCC1(CC=C(C)C)C(=O)C(C(=O)CC(C)C)=C(O)[C@]2(C[C@H]3[C@@H](CC[C@@]3(C)O)[C@](C)(O)C2)C1=O. The first kappa shape index (κ1) is 29.5. The van der Waals surface area contributed by atoms with Crippen molar-refractivity contribution in [3.8, 4) is 0 Å². The van der Waals surface area contributed by atoms with E-state index in [0.29, 0.717) is 12.8 Å². The first-order valence-electron chi connectivity index (χ1n) is 13.7. The number of hydrogen-bond acceptors (Lipinski definition) is 6. The van der Waals surface area contributed by atoms with Crippen LogP contribution in [0.3, 0.4) is 0 Å². The third-order valence-corrected chi connectivity index (χ3v) is 9.08. The van der Waals surface area contributed by atoms with E-state index in [2.05, 4.69) is 0 Å². The lowest BCUT2D eigenvalue weighted by atomic mass is 9.48. The number of allylic oxidation sites excluding steroid dienone is 6. The van der Waals surface area contributed by atoms with E-state index in [1.54, 1.807) is 13.8 Å². The molecule has 0 unspecified atom stereocenters. The number of carbonyl (C=O) groups is 3. The van der Waals surface area contributed by atoms with Crippen LogP contribution in [0.15, 0.2) is 34.6 Å². The predicted molar refractivity (Wildman–Crippen MR) is 144 cm³/mol. The zero-order chi connectivity index (χ0) is 28.1. The maximum atomic E-state index is 14.8. The normalized spacial score (nSPS) is 35.1. The van der Waals surface area contributed by atoms with Crippen LogP contribution < -0.4 is 0 Å². The van der Waals surface area contributed by atoms with Crippen LogP contribution >= 0.6 is 0 Å². The number of rotatable bonds is 7. The van der Waals surface area contributed by atoms with E-state index < -0.39 is 51.1 Å². The Labute approximate surface area is 221 Å². The summed E-state index contributed by atoms with van der Waals surface area (Å²) in [6.07, 6.45) is 5.09. The molecule has 0 amide bonds. The van der Waals surface area contributed by atoms with Crippen molar-refractivity contribution in [3.05, 3.63) is 34.6 Å². The summed E-state index contributed by atoms with van der Waals surface area (Å²) in [7, 11) is 0. The molecular formula is C31H46O6. The molecule has 0 aromatic rings. The van der Waals surface area contributed by atoms with Crippen LogP contribution in [0.2, 0.25) is 0 Å². The van der Waals surface area contributed by atoms with E-state index in [-0.39, 0.29) is 49.5 Å². The average molecular weight is 515 g/mol. The number of aliphatic hydroxyl groups excluding tert-OH is 1. The molecule has 0 heterocycles. The van der Waals surface area contributed by atoms with Crippen molar-refractivity contribution in [1.29, 1.82) is 0 Å². The van der Waals surface area contributed by atoms with Crippen LogP contribution in [0.5, 0.6) is 0 Å². The van der Waals surface area contributed by atoms with E-state index >= 15 is 0 Å². The van der Waals surface area contributed by atoms with Crippen LogP contribution in [0, 0.1) is 28.6 Å². The molecule has 6 heteroatoms. The van der Waals surface area contributed by atoms with Gasteiger partial charge in [0, 0.05) is 6.42 Å². The van der Waals surface area contributed by atoms with E-state index in [4.69, 9.17) is 0 Å². The van der Waals surface area contributed by atoms with Gasteiger partial charge in [-0.2, -0.15) is 0 Å². The van der Waals surface area contributed by atoms with Gasteiger partial charge in [0.1, 0.15) is 16.7 Å². The Hall–Kier alpha value is -2.05. The Morgan fingerprint density at radius 2 is 1.51 bits per heavy atom. The molecule has 5 atom stereocenters. The second-order valence-electron chi connectivity index (χ2n) is 13.4. The Bertz CT molecular complexity index is 1040. The zero-order valence-corrected chi connectivity index (χ0v) is 23.9. The molecular weight excluding hydrogens is 468 g/mol. The molecule has 3 aliphatic carbocycles. The smallest absolute Gasteiger partial charge is 0.184 e. The van der Waals surface area contributed by atoms with Gasteiger partial charge >= 0.3 is 0 Å². The summed E-state index contributed by atoms with van der Waals surface area (Å²) in [5.74, 6) is -2.79. The summed E-state index contributed by atoms with van der Waals surface area (Å²) in [6, 6.07) is 0. The number of carbonyl (C=O) groups excluding carboxylic acids is 3. The van der Waals surface area contributed by atoms with Crippen LogP contribution in [0.4, 0.5) is 0 Å². The molecule has 3 N–H and O–H groups in total. The van der Waals surface area contributed by atoms with Crippen molar-refractivity contribution >= 4 is 17.3 Å². The summed E-state index contributed by atoms with van der Waals surface area (Å²) < 4.78 is 0. The van der Waals surface area contributed by atoms with Gasteiger partial charge in [-0.05, 0) is 97.8 Å². The Morgan fingerprint density at radius 3 is 2.00 bits per heavy atom. The Morgan fingerprint density at radius 1 is 0.973 bits per heavy atom. The third-order valence-electron chi connectivity index (χ3n) is 9.08. The van der Waals surface area contributed by atoms with E-state index in [0.717, 1.165) is 11.1 Å². The molecule has 0 bridgehead atoms. The maximum absolute atomic E-state index is 14.8. The standard InChI is InChI=1S/C31H46O6/c1-18(2)9-13-30(14-10-19(3)4)25(33)24(23(32)15-20(5)6)26(34)31(27(30)35)16-22-21(29(8,37)17-31)11-12-28(22,7)36/h9-10,20-22,34,36-37H,11-17H2,1-8H3/t21-,22+,28-,29-,31-/m1/s1. The minimum atomic E-state index is -1.63. The monoisotopic (exact) mass is 514 g/mol. The third kappa shape index (κ3) is 5.04. The van der Waals surface area contributed by atoms with Gasteiger partial charge in [0.2, 0.25) is 0 Å². The predicted octanol–water partition coefficient (Wildman–Crippen LogP) is 5.57. The molecule has 1 spiro atoms. The lowest BCUT2D eigenvalue weighted by Crippen LogP contribution is -2.62. The van der Waals surface area contributed by atoms with Crippen LogP contribution in [0.25, 0.3) is 0 Å². The molecule has 0 aliphatic heterocycles. The van der Waals surface area contributed by atoms with Gasteiger partial charge in [0.15, 0.2) is 17.3 Å². The molecule has 37 heavy (non-hydrogen) atoms. The van der Waals surface area contributed by atoms with Gasteiger partial charge in [0.25, 0.3) is 0 Å². The quantitative estimate of drug-likeness (QED) is 0.233. The number of aliphatic hydroxyl groups is 3. The Balaban J connectivity index is 2.35. The fourth-order valence-electron chi connectivity index (χ4n) is 7.11. The van der Waals surface area contributed by atoms with Crippen molar-refractivity contribution in [2.75, 3.05) is 0 Å². The van der Waals surface area contributed by atoms with Crippen molar-refractivity contribution < 1.29 is 29.7 Å². The highest BCUT2D eigenvalue weighted by atomic mass is 16.3. The molecule has 206 valence electrons. The van der Waals surface area contributed by atoms with Gasteiger partial charge in [0.05, 0.1) is 16.6 Å². The average Bonchev–Trinajstić information content (AvgIpc) is 3.06. The van der Waals surface area contributed by atoms with Gasteiger partial charge in [-0.15, -0.1) is 0 Å². The zero-order valence-electron chi connectivity index (χ0n) is 23.9. The molecule has 3 aliphatic rings. The summed E-state index contributed by atoms with van der Waals surface area (Å²) in [6.45, 7) is 14.7. The van der Waals surface area contributed by atoms with Gasteiger partial charge in [-0.3, -0.25) is 14.4 Å². The highest BCUT2D eigenvalue weighted by Crippen LogP contribution is 2.63. The number of hydrogen-bond donors (Lipinski definition) is 3. The highest BCUT2D eigenvalue weighted by Gasteiger charge is 2.68. The second kappa shape index (κ2) is 9.92. The van der Waals surface area contributed by atoms with Crippen molar-refractivity contribution in [1.82, 2.24) is 0 Å². The van der Waals surface area contributed by atoms with Crippen molar-refractivity contribution in [2.45, 2.75) is 112 Å². The molecule has 2 fully saturated rings. The highest BCUT2D eigenvalue weighted by molar-refractivity contribution is 6.31. The summed E-state index contributed by atoms with van der Waals surface area (Å²) in [5, 5.41) is 34.7. The van der Waals surface area contributed by atoms with E-state index in [1.807, 2.05) is 53.7 Å².